The fourth-order valence-corrected chi connectivity index (χ4v) is 1.22. The molecule has 0 N–H and O–H groups in total. The molecule has 0 aliphatic carbocycles. The van der Waals surface area contributed by atoms with Crippen LogP contribution in [0, 0.1) is 0 Å². The topological polar surface area (TPSA) is 42.3 Å². The van der Waals surface area contributed by atoms with Crippen molar-refractivity contribution in [3.8, 4) is 0 Å². The van der Waals surface area contributed by atoms with Gasteiger partial charge in [0.1, 0.15) is 0 Å². The van der Waals surface area contributed by atoms with Crippen LogP contribution in [0.1, 0.15) is 19.3 Å². The van der Waals surface area contributed by atoms with E-state index in [1.165, 1.54) is 0 Å². The molecule has 1 aliphatic rings. The van der Waals surface area contributed by atoms with Crippen LogP contribution >= 0.6 is 0 Å². The Morgan fingerprint density at radius 1 is 0.462 bits per heavy atom. The van der Waals surface area contributed by atoms with Gasteiger partial charge in [-0.1, -0.05) is 19.3 Å². The third kappa shape index (κ3) is 8.72. The molecule has 4 heteroatoms. The van der Waals surface area contributed by atoms with Crippen molar-refractivity contribution in [3.63, 3.8) is 0 Å². The summed E-state index contributed by atoms with van der Waals surface area (Å²) in [6.07, 6.45) is 3.41. The summed E-state index contributed by atoms with van der Waals surface area (Å²) in [5.41, 5.74) is 0. The van der Waals surface area contributed by atoms with Gasteiger partial charge in [0.2, 0.25) is 0 Å². The smallest absolute Gasteiger partial charge is 0 e. The van der Waals surface area contributed by atoms with E-state index in [9.17, 15) is 0 Å². The number of nitrogens with zero attached hydrogens (tertiary/aromatic N) is 3. The largest absolute Gasteiger partial charge is 0.662 e. The predicted octanol–water partition coefficient (Wildman–Crippen LogP) is 2.29. The van der Waals surface area contributed by atoms with E-state index in [1.54, 1.807) is 0 Å². The maximum absolute atomic E-state index is 4.38. The fourth-order valence-electron chi connectivity index (χ4n) is 1.22. The Balaban J connectivity index is 0.00000144. The molecule has 0 amide bonds. The fraction of sp³-hybridized carbons (Fsp3) is 1.00. The summed E-state index contributed by atoms with van der Waals surface area (Å²) in [6, 6.07) is 0. The van der Waals surface area contributed by atoms with Crippen LogP contribution in [0.3, 0.4) is 0 Å². The number of hydrogen-bond donors (Lipinski definition) is 0. The van der Waals surface area contributed by atoms with E-state index in [0.717, 1.165) is 58.5 Å². The van der Waals surface area contributed by atoms with Crippen LogP contribution in [-0.4, -0.2) is 39.3 Å². The second-order valence-corrected chi connectivity index (χ2v) is 3.07. The minimum absolute atomic E-state index is 0. The van der Waals surface area contributed by atoms with Gasteiger partial charge >= 0.3 is 0 Å². The predicted molar refractivity (Wildman–Crippen MR) is 53.1 cm³/mol. The maximum atomic E-state index is 4.38. The monoisotopic (exact) mass is 232 g/mol. The Morgan fingerprint density at radius 2 is 0.692 bits per heavy atom. The third-order valence-electron chi connectivity index (χ3n) is 1.90. The second-order valence-electron chi connectivity index (χ2n) is 3.07. The number of hydrogen-bond acceptors (Lipinski definition) is 0. The summed E-state index contributed by atoms with van der Waals surface area (Å²) in [6.45, 7) is 5.94. The zero-order chi connectivity index (χ0) is 8.49. The van der Waals surface area contributed by atoms with Gasteiger partial charge in [-0.2, -0.15) is 39.3 Å². The Labute approximate surface area is 91.9 Å². The molecule has 3 nitrogen and oxygen atoms in total. The zero-order valence-corrected chi connectivity index (χ0v) is 8.95. The van der Waals surface area contributed by atoms with Gasteiger partial charge in [-0.05, 0) is 0 Å². The molecule has 0 unspecified atom stereocenters. The van der Waals surface area contributed by atoms with E-state index >= 15 is 0 Å². The van der Waals surface area contributed by atoms with E-state index in [-0.39, 0.29) is 17.1 Å². The van der Waals surface area contributed by atoms with Crippen molar-refractivity contribution in [1.29, 1.82) is 0 Å². The van der Waals surface area contributed by atoms with E-state index in [4.69, 9.17) is 0 Å². The quantitative estimate of drug-likeness (QED) is 0.575. The molecular weight excluding hydrogens is 214 g/mol. The molecule has 1 radical (unpaired) electrons. The summed E-state index contributed by atoms with van der Waals surface area (Å²) in [4.78, 5) is 0. The van der Waals surface area contributed by atoms with Crippen molar-refractivity contribution in [3.05, 3.63) is 16.0 Å². The van der Waals surface area contributed by atoms with Gasteiger partial charge in [0, 0.05) is 17.1 Å². The zero-order valence-electron chi connectivity index (χ0n) is 8.01. The van der Waals surface area contributed by atoms with Crippen LogP contribution in [0.5, 0.6) is 0 Å². The average Bonchev–Trinajstić information content (AvgIpc) is 2.05. The summed E-state index contributed by atoms with van der Waals surface area (Å²) < 4.78 is 0. The van der Waals surface area contributed by atoms with Gasteiger partial charge in [-0.25, -0.2) is 0 Å². The van der Waals surface area contributed by atoms with Crippen LogP contribution in [0.4, 0.5) is 0 Å². The van der Waals surface area contributed by atoms with Gasteiger partial charge in [0.15, 0.2) is 0 Å². The van der Waals surface area contributed by atoms with E-state index in [1.807, 2.05) is 0 Å². The van der Waals surface area contributed by atoms with Crippen LogP contribution < -0.4 is 0 Å². The molecule has 1 rings (SSSR count). The van der Waals surface area contributed by atoms with E-state index in [2.05, 4.69) is 16.0 Å². The minimum atomic E-state index is 0. The first-order chi connectivity index (χ1) is 6.00. The summed E-state index contributed by atoms with van der Waals surface area (Å²) in [5.74, 6) is 0. The molecule has 0 bridgehead atoms. The molecule has 0 saturated carbocycles. The molecule has 0 atom stereocenters. The van der Waals surface area contributed by atoms with Gasteiger partial charge in [0.25, 0.3) is 0 Å². The van der Waals surface area contributed by atoms with Crippen molar-refractivity contribution >= 4 is 0 Å². The SMILES string of the molecule is C1C[N-]CCC[N-]CCC[N-]C1.[64Cu]. The van der Waals surface area contributed by atoms with E-state index < -0.39 is 0 Å². The molecule has 13 heavy (non-hydrogen) atoms. The van der Waals surface area contributed by atoms with Crippen LogP contribution in [0.15, 0.2) is 0 Å². The Hall–Kier alpha value is 0.399. The molecule has 1 heterocycles. The third-order valence-corrected chi connectivity index (χ3v) is 1.90. The molecule has 0 spiro atoms. The molecule has 0 aromatic rings. The molecule has 83 valence electrons. The van der Waals surface area contributed by atoms with Gasteiger partial charge < -0.3 is 16.0 Å². The molecular formula is C9H18CuN3-3. The van der Waals surface area contributed by atoms with Crippen molar-refractivity contribution in [2.24, 2.45) is 0 Å². The van der Waals surface area contributed by atoms with Crippen molar-refractivity contribution in [2.75, 3.05) is 39.3 Å². The molecule has 1 aliphatic heterocycles. The van der Waals surface area contributed by atoms with Crippen molar-refractivity contribution in [1.82, 2.24) is 0 Å². The first-order valence-electron chi connectivity index (χ1n) is 4.90. The second kappa shape index (κ2) is 10.5. The first-order valence-corrected chi connectivity index (χ1v) is 4.90. The Morgan fingerprint density at radius 3 is 0.923 bits per heavy atom. The van der Waals surface area contributed by atoms with Crippen molar-refractivity contribution < 1.29 is 17.1 Å². The summed E-state index contributed by atoms with van der Waals surface area (Å²) in [7, 11) is 0. The molecule has 0 aromatic carbocycles. The van der Waals surface area contributed by atoms with Crippen molar-refractivity contribution in [2.45, 2.75) is 19.3 Å². The van der Waals surface area contributed by atoms with Crippen LogP contribution in [0.2, 0.25) is 0 Å². The Kier molecular flexibility index (Phi) is 10.8. The molecule has 0 aromatic heterocycles. The average molecular weight is 232 g/mol. The molecule has 1 fully saturated rings. The Bertz CT molecular complexity index is 57.8. The van der Waals surface area contributed by atoms with E-state index in [0.29, 0.717) is 0 Å². The number of rotatable bonds is 0. The maximum Gasteiger partial charge on any atom is 0 e. The summed E-state index contributed by atoms with van der Waals surface area (Å²) in [5, 5.41) is 13.2. The normalized spacial score (nSPS) is 22.2. The van der Waals surface area contributed by atoms with Gasteiger partial charge in [-0.3, -0.25) is 0 Å². The minimum Gasteiger partial charge on any atom is -0.662 e. The standard InChI is InChI=1S/C9H18N3.Cu/c1-4-10-6-2-8-12-9-3-7-11-5-1;/h1-9H2;/q-3;/i;1+0. The van der Waals surface area contributed by atoms with Crippen LogP contribution in [0.25, 0.3) is 16.0 Å². The first kappa shape index (κ1) is 13.4. The van der Waals surface area contributed by atoms with Gasteiger partial charge in [0.05, 0.1) is 0 Å². The van der Waals surface area contributed by atoms with Crippen LogP contribution in [-0.2, 0) is 17.1 Å². The summed E-state index contributed by atoms with van der Waals surface area (Å²) >= 11 is 0. The molecule has 1 saturated heterocycles. The van der Waals surface area contributed by atoms with Gasteiger partial charge in [-0.15, -0.1) is 0 Å².